The second-order valence-corrected chi connectivity index (χ2v) is 4.90. The molecule has 0 radical (unpaired) electrons. The first-order valence-corrected chi connectivity index (χ1v) is 6.17. The number of rotatable bonds is 4. The zero-order valence-corrected chi connectivity index (χ0v) is 10.1. The molecule has 0 fully saturated rings. The molecule has 0 aromatic heterocycles. The Morgan fingerprint density at radius 1 is 1.39 bits per heavy atom. The number of nitro benzene ring substituents is 1. The van der Waals surface area contributed by atoms with Crippen LogP contribution in [0.5, 0.6) is 0 Å². The lowest BCUT2D eigenvalue weighted by Crippen LogP contribution is -2.03. The molecule has 0 amide bonds. The number of hydrogen-bond acceptors (Lipinski definition) is 6. The lowest BCUT2D eigenvalue weighted by atomic mass is 10.3. The number of methoxy groups -OCH3 is 1. The van der Waals surface area contributed by atoms with Crippen LogP contribution in [0.25, 0.3) is 0 Å². The fourth-order valence-corrected chi connectivity index (χ4v) is 2.27. The number of ether oxygens (including phenoxy) is 1. The lowest BCUT2D eigenvalue weighted by Gasteiger charge is -2.00. The van der Waals surface area contributed by atoms with Crippen LogP contribution in [0.15, 0.2) is 40.6 Å². The van der Waals surface area contributed by atoms with Gasteiger partial charge in [0, 0.05) is 17.6 Å². The van der Waals surface area contributed by atoms with E-state index in [4.69, 9.17) is 0 Å². The SMILES string of the molecule is COC(=O)C=CS(=O)(=O)c1ccccc1[N+](=O)[O-]. The summed E-state index contributed by atoms with van der Waals surface area (Å²) in [5, 5.41) is 11.3. The predicted octanol–water partition coefficient (Wildman–Crippen LogP) is 1.06. The summed E-state index contributed by atoms with van der Waals surface area (Å²) in [6.45, 7) is 0. The average Bonchev–Trinajstić information content (AvgIpc) is 2.36. The fourth-order valence-electron chi connectivity index (χ4n) is 1.14. The maximum atomic E-state index is 11.8. The summed E-state index contributed by atoms with van der Waals surface area (Å²) in [7, 11) is -2.98. The normalized spacial score (nSPS) is 11.4. The molecule has 0 spiro atoms. The molecule has 1 aromatic rings. The van der Waals surface area contributed by atoms with Gasteiger partial charge in [-0.2, -0.15) is 0 Å². The Balaban J connectivity index is 3.25. The summed E-state index contributed by atoms with van der Waals surface area (Å²) < 4.78 is 27.8. The predicted molar refractivity (Wildman–Crippen MR) is 61.4 cm³/mol. The number of para-hydroxylation sites is 1. The largest absolute Gasteiger partial charge is 0.466 e. The van der Waals surface area contributed by atoms with Crippen LogP contribution in [-0.4, -0.2) is 26.4 Å². The summed E-state index contributed by atoms with van der Waals surface area (Å²) in [6.07, 6.45) is 0.687. The van der Waals surface area contributed by atoms with Gasteiger partial charge in [-0.1, -0.05) is 12.1 Å². The van der Waals surface area contributed by atoms with Gasteiger partial charge >= 0.3 is 5.97 Å². The van der Waals surface area contributed by atoms with Gasteiger partial charge in [-0.05, 0) is 6.07 Å². The molecular weight excluding hydrogens is 262 g/mol. The number of sulfone groups is 1. The molecule has 0 N–H and O–H groups in total. The Bertz CT molecular complexity index is 605. The van der Waals surface area contributed by atoms with Crippen molar-refractivity contribution in [1.29, 1.82) is 0 Å². The zero-order chi connectivity index (χ0) is 13.8. The van der Waals surface area contributed by atoms with Crippen molar-refractivity contribution >= 4 is 21.5 Å². The van der Waals surface area contributed by atoms with E-state index in [-0.39, 0.29) is 0 Å². The minimum atomic E-state index is -4.06. The van der Waals surface area contributed by atoms with Gasteiger partial charge in [0.25, 0.3) is 5.69 Å². The van der Waals surface area contributed by atoms with Crippen LogP contribution in [-0.2, 0) is 19.4 Å². The van der Waals surface area contributed by atoms with E-state index in [1.807, 2.05) is 0 Å². The molecule has 0 saturated heterocycles. The summed E-state index contributed by atoms with van der Waals surface area (Å²) in [4.78, 5) is 20.2. The number of carbonyl (C=O) groups is 1. The topological polar surface area (TPSA) is 104 Å². The van der Waals surface area contributed by atoms with Crippen LogP contribution in [0, 0.1) is 10.1 Å². The molecule has 1 aromatic carbocycles. The Labute approximate surface area is 103 Å². The fraction of sp³-hybridized carbons (Fsp3) is 0.100. The van der Waals surface area contributed by atoms with Gasteiger partial charge in [-0.15, -0.1) is 0 Å². The van der Waals surface area contributed by atoms with Crippen LogP contribution in [0.1, 0.15) is 0 Å². The van der Waals surface area contributed by atoms with E-state index < -0.39 is 31.3 Å². The van der Waals surface area contributed by atoms with E-state index in [0.29, 0.717) is 11.5 Å². The van der Waals surface area contributed by atoms with Gasteiger partial charge in [0.1, 0.15) is 4.90 Å². The molecule has 0 aliphatic rings. The molecule has 96 valence electrons. The van der Waals surface area contributed by atoms with Crippen molar-refractivity contribution in [3.63, 3.8) is 0 Å². The Hall–Kier alpha value is -2.22. The van der Waals surface area contributed by atoms with E-state index in [1.165, 1.54) is 12.1 Å². The molecule has 1 rings (SSSR count). The molecule has 0 unspecified atom stereocenters. The van der Waals surface area contributed by atoms with Gasteiger partial charge in [0.2, 0.25) is 9.84 Å². The van der Waals surface area contributed by atoms with Crippen LogP contribution in [0.3, 0.4) is 0 Å². The number of nitrogens with zero attached hydrogens (tertiary/aromatic N) is 1. The lowest BCUT2D eigenvalue weighted by molar-refractivity contribution is -0.387. The number of esters is 1. The maximum absolute atomic E-state index is 11.8. The standard InChI is InChI=1S/C10H9NO6S/c1-17-10(12)6-7-18(15,16)9-5-3-2-4-8(9)11(13)14/h2-7H,1H3. The van der Waals surface area contributed by atoms with E-state index in [0.717, 1.165) is 19.2 Å². The molecule has 8 heteroatoms. The quantitative estimate of drug-likeness (QED) is 0.351. The third-order valence-corrected chi connectivity index (χ3v) is 3.41. The highest BCUT2D eigenvalue weighted by molar-refractivity contribution is 7.94. The van der Waals surface area contributed by atoms with Crippen molar-refractivity contribution in [2.45, 2.75) is 4.90 Å². The molecule has 0 saturated carbocycles. The monoisotopic (exact) mass is 271 g/mol. The third-order valence-electron chi connectivity index (χ3n) is 1.95. The van der Waals surface area contributed by atoms with Crippen molar-refractivity contribution in [3.8, 4) is 0 Å². The van der Waals surface area contributed by atoms with Crippen molar-refractivity contribution in [2.75, 3.05) is 7.11 Å². The van der Waals surface area contributed by atoms with Crippen molar-refractivity contribution < 1.29 is 22.9 Å². The van der Waals surface area contributed by atoms with Gasteiger partial charge in [0.15, 0.2) is 0 Å². The highest BCUT2D eigenvalue weighted by Gasteiger charge is 2.22. The van der Waals surface area contributed by atoms with E-state index in [2.05, 4.69) is 4.74 Å². The first kappa shape index (κ1) is 13.8. The second kappa shape index (κ2) is 5.41. The molecular formula is C10H9NO6S. The molecule has 0 bridgehead atoms. The van der Waals surface area contributed by atoms with Gasteiger partial charge < -0.3 is 4.74 Å². The second-order valence-electron chi connectivity index (χ2n) is 3.10. The highest BCUT2D eigenvalue weighted by atomic mass is 32.2. The highest BCUT2D eigenvalue weighted by Crippen LogP contribution is 2.24. The molecule has 0 aliphatic carbocycles. The smallest absolute Gasteiger partial charge is 0.331 e. The minimum absolute atomic E-state index is 0.477. The van der Waals surface area contributed by atoms with E-state index in [9.17, 15) is 23.3 Å². The van der Waals surface area contributed by atoms with Gasteiger partial charge in [0.05, 0.1) is 12.0 Å². The summed E-state index contributed by atoms with van der Waals surface area (Å²) in [6, 6.07) is 4.86. The number of benzene rings is 1. The van der Waals surface area contributed by atoms with Crippen LogP contribution in [0.2, 0.25) is 0 Å². The molecule has 7 nitrogen and oxygen atoms in total. The minimum Gasteiger partial charge on any atom is -0.466 e. The molecule has 0 atom stereocenters. The van der Waals surface area contributed by atoms with Crippen LogP contribution < -0.4 is 0 Å². The van der Waals surface area contributed by atoms with Gasteiger partial charge in [-0.25, -0.2) is 13.2 Å². The first-order valence-electron chi connectivity index (χ1n) is 4.63. The Morgan fingerprint density at radius 2 is 2.00 bits per heavy atom. The molecule has 18 heavy (non-hydrogen) atoms. The van der Waals surface area contributed by atoms with Gasteiger partial charge in [-0.3, -0.25) is 10.1 Å². The Kier molecular flexibility index (Phi) is 4.16. The average molecular weight is 271 g/mol. The van der Waals surface area contributed by atoms with Crippen LogP contribution in [0.4, 0.5) is 5.69 Å². The Morgan fingerprint density at radius 3 is 2.56 bits per heavy atom. The summed E-state index contributed by atoms with van der Waals surface area (Å²) in [5.41, 5.74) is -0.549. The van der Waals surface area contributed by atoms with Crippen molar-refractivity contribution in [1.82, 2.24) is 0 Å². The first-order chi connectivity index (χ1) is 8.38. The molecule has 0 heterocycles. The number of nitro groups is 1. The number of hydrogen-bond donors (Lipinski definition) is 0. The zero-order valence-electron chi connectivity index (χ0n) is 9.27. The van der Waals surface area contributed by atoms with Crippen molar-refractivity contribution in [3.05, 3.63) is 45.9 Å². The maximum Gasteiger partial charge on any atom is 0.331 e. The van der Waals surface area contributed by atoms with E-state index >= 15 is 0 Å². The summed E-state index contributed by atoms with van der Waals surface area (Å²) >= 11 is 0. The van der Waals surface area contributed by atoms with E-state index in [1.54, 1.807) is 0 Å². The third kappa shape index (κ3) is 3.14. The summed E-state index contributed by atoms with van der Waals surface area (Å²) in [5.74, 6) is -0.864. The van der Waals surface area contributed by atoms with Crippen molar-refractivity contribution in [2.24, 2.45) is 0 Å². The van der Waals surface area contributed by atoms with Crippen LogP contribution >= 0.6 is 0 Å². The number of carbonyl (C=O) groups excluding carboxylic acids is 1. The molecule has 0 aliphatic heterocycles.